The van der Waals surface area contributed by atoms with Gasteiger partial charge in [-0.05, 0) is 96.3 Å². The molecule has 5 atom stereocenters. The molecule has 0 bridgehead atoms. The summed E-state index contributed by atoms with van der Waals surface area (Å²) in [5.74, 6) is -2.25. The number of phosphoric acid groups is 2. The minimum Gasteiger partial charge on any atom is -0.462 e. The number of ether oxygens (including phenoxy) is 4. The van der Waals surface area contributed by atoms with E-state index in [4.69, 9.17) is 37.0 Å². The van der Waals surface area contributed by atoms with Gasteiger partial charge in [-0.3, -0.25) is 37.3 Å². The number of carbonyl (C=O) groups excluding carboxylic acids is 4. The summed E-state index contributed by atoms with van der Waals surface area (Å²) in [7, 11) is -9.95. The standard InChI is InChI=1S/C75H130O17P2/c1-5-9-13-17-21-25-29-31-33-34-36-37-41-44-48-52-56-60-73(78)86-66-71(92-75(80)62-58-54-50-46-42-38-35-32-30-26-22-18-14-10-6-2)68-90-94(83,84)88-64-69(76)63-87-93(81,82)89-67-70(91-74(79)61-57-53-49-45-40-28-24-20-16-12-8-4)65-85-72(77)59-55-51-47-43-39-27-23-19-15-11-7-3/h9-10,13-14,21-22,25-26,31-33,35-37,44,48,69-71,76H,5-8,11-12,15-20,23-24,27-30,34,38-43,45-47,49-68H2,1-4H3,(H,81,82)(H,83,84)/b13-9-,14-10-,25-21-,26-22-,33-31-,35-32-,37-36-,48-44-. The van der Waals surface area contributed by atoms with Gasteiger partial charge in [-0.25, -0.2) is 9.13 Å². The van der Waals surface area contributed by atoms with E-state index in [2.05, 4.69) is 113 Å². The Hall–Kier alpha value is -4.02. The molecule has 3 N–H and O–H groups in total. The Labute approximate surface area is 569 Å². The van der Waals surface area contributed by atoms with Crippen molar-refractivity contribution in [2.24, 2.45) is 0 Å². The molecule has 0 saturated heterocycles. The Bertz CT molecular complexity index is 2170. The summed E-state index contributed by atoms with van der Waals surface area (Å²) >= 11 is 0. The van der Waals surface area contributed by atoms with Crippen molar-refractivity contribution in [3.63, 3.8) is 0 Å². The molecule has 0 amide bonds. The summed E-state index contributed by atoms with van der Waals surface area (Å²) in [4.78, 5) is 72.6. The summed E-state index contributed by atoms with van der Waals surface area (Å²) in [6, 6.07) is 0. The first-order valence-electron chi connectivity index (χ1n) is 36.5. The van der Waals surface area contributed by atoms with E-state index in [1.165, 1.54) is 83.5 Å². The lowest BCUT2D eigenvalue weighted by Gasteiger charge is -2.21. The first kappa shape index (κ1) is 90.0. The zero-order chi connectivity index (χ0) is 69.0. The third kappa shape index (κ3) is 66.6. The molecule has 5 unspecified atom stereocenters. The summed E-state index contributed by atoms with van der Waals surface area (Å²) in [6.45, 7) is 4.55. The third-order valence-electron chi connectivity index (χ3n) is 15.1. The number of esters is 4. The predicted molar refractivity (Wildman–Crippen MR) is 381 cm³/mol. The van der Waals surface area contributed by atoms with Gasteiger partial charge in [0.2, 0.25) is 0 Å². The fourth-order valence-electron chi connectivity index (χ4n) is 9.56. The van der Waals surface area contributed by atoms with Crippen LogP contribution in [0.4, 0.5) is 0 Å². The first-order chi connectivity index (χ1) is 45.7. The molecule has 0 aliphatic heterocycles. The maximum absolute atomic E-state index is 13.0. The monoisotopic (exact) mass is 1360 g/mol. The van der Waals surface area contributed by atoms with Crippen LogP contribution in [0.25, 0.3) is 0 Å². The van der Waals surface area contributed by atoms with Crippen molar-refractivity contribution in [1.29, 1.82) is 0 Å². The molecule has 0 aromatic rings. The normalized spacial score (nSPS) is 14.6. The van der Waals surface area contributed by atoms with Crippen LogP contribution in [0.2, 0.25) is 0 Å². The molecule has 542 valence electrons. The van der Waals surface area contributed by atoms with Crippen molar-refractivity contribution in [3.05, 3.63) is 97.2 Å². The molecule has 0 saturated carbocycles. The van der Waals surface area contributed by atoms with Gasteiger partial charge in [0.1, 0.15) is 19.3 Å². The highest BCUT2D eigenvalue weighted by Gasteiger charge is 2.30. The number of phosphoric ester groups is 2. The van der Waals surface area contributed by atoms with Gasteiger partial charge < -0.3 is 33.8 Å². The zero-order valence-electron chi connectivity index (χ0n) is 58.9. The van der Waals surface area contributed by atoms with E-state index in [0.29, 0.717) is 32.1 Å². The summed E-state index contributed by atoms with van der Waals surface area (Å²) in [5.41, 5.74) is 0. The minimum absolute atomic E-state index is 0.0630. The van der Waals surface area contributed by atoms with Crippen molar-refractivity contribution in [2.75, 3.05) is 39.6 Å². The molecule has 19 heteroatoms. The van der Waals surface area contributed by atoms with Gasteiger partial charge in [-0.1, -0.05) is 273 Å². The lowest BCUT2D eigenvalue weighted by atomic mass is 10.1. The summed E-state index contributed by atoms with van der Waals surface area (Å²) in [5, 5.41) is 10.6. The van der Waals surface area contributed by atoms with Gasteiger partial charge in [0.15, 0.2) is 12.2 Å². The van der Waals surface area contributed by atoms with Gasteiger partial charge in [-0.2, -0.15) is 0 Å². The number of carbonyl (C=O) groups is 4. The smallest absolute Gasteiger partial charge is 0.462 e. The van der Waals surface area contributed by atoms with Crippen LogP contribution in [-0.4, -0.2) is 96.7 Å². The van der Waals surface area contributed by atoms with Gasteiger partial charge in [0.25, 0.3) is 0 Å². The topological polar surface area (TPSA) is 237 Å². The van der Waals surface area contributed by atoms with Crippen LogP contribution in [0.3, 0.4) is 0 Å². The van der Waals surface area contributed by atoms with Crippen LogP contribution >= 0.6 is 15.6 Å². The van der Waals surface area contributed by atoms with E-state index in [1.807, 2.05) is 12.2 Å². The predicted octanol–water partition coefficient (Wildman–Crippen LogP) is 20.4. The van der Waals surface area contributed by atoms with E-state index in [-0.39, 0.29) is 25.7 Å². The number of hydrogen-bond acceptors (Lipinski definition) is 15. The Kier molecular flexibility index (Phi) is 64.7. The molecule has 0 radical (unpaired) electrons. The molecule has 94 heavy (non-hydrogen) atoms. The van der Waals surface area contributed by atoms with Gasteiger partial charge in [0, 0.05) is 25.7 Å². The van der Waals surface area contributed by atoms with Gasteiger partial charge >= 0.3 is 39.5 Å². The SMILES string of the molecule is CC/C=C\C/C=C\C/C=C\C/C=C\C/C=C\CCCC(=O)OCC(COP(=O)(O)OCC(O)COP(=O)(O)OCC(COC(=O)CCCCCCCCCCCCC)OC(=O)CCCCCCCCCCCCC)OC(=O)CCCCCCC/C=C\C/C=C\C/C=C\CC. The average molecular weight is 1370 g/mol. The summed E-state index contributed by atoms with van der Waals surface area (Å²) < 4.78 is 68.2. The maximum Gasteiger partial charge on any atom is 0.472 e. The second kappa shape index (κ2) is 67.5. The van der Waals surface area contributed by atoms with Crippen molar-refractivity contribution in [3.8, 4) is 0 Å². The van der Waals surface area contributed by atoms with Crippen molar-refractivity contribution >= 4 is 39.5 Å². The molecule has 0 aliphatic carbocycles. The van der Waals surface area contributed by atoms with E-state index < -0.39 is 97.5 Å². The van der Waals surface area contributed by atoms with E-state index in [9.17, 15) is 43.2 Å². The molecule has 0 spiro atoms. The summed E-state index contributed by atoms with van der Waals surface area (Å²) in [6.07, 6.45) is 68.5. The Morgan fingerprint density at radius 1 is 0.309 bits per heavy atom. The highest BCUT2D eigenvalue weighted by Crippen LogP contribution is 2.45. The van der Waals surface area contributed by atoms with Gasteiger partial charge in [0.05, 0.1) is 26.4 Å². The van der Waals surface area contributed by atoms with Crippen LogP contribution in [0.1, 0.15) is 297 Å². The molecule has 0 aromatic carbocycles. The fourth-order valence-corrected chi connectivity index (χ4v) is 11.1. The van der Waals surface area contributed by atoms with Gasteiger partial charge in [-0.15, -0.1) is 0 Å². The van der Waals surface area contributed by atoms with Crippen molar-refractivity contribution in [1.82, 2.24) is 0 Å². The molecular weight excluding hydrogens is 1230 g/mol. The van der Waals surface area contributed by atoms with E-state index >= 15 is 0 Å². The lowest BCUT2D eigenvalue weighted by Crippen LogP contribution is -2.30. The Morgan fingerprint density at radius 3 is 0.894 bits per heavy atom. The maximum atomic E-state index is 13.0. The van der Waals surface area contributed by atoms with Crippen molar-refractivity contribution in [2.45, 2.75) is 316 Å². The lowest BCUT2D eigenvalue weighted by molar-refractivity contribution is -0.161. The van der Waals surface area contributed by atoms with Crippen LogP contribution in [-0.2, 0) is 65.4 Å². The van der Waals surface area contributed by atoms with Crippen LogP contribution < -0.4 is 0 Å². The highest BCUT2D eigenvalue weighted by atomic mass is 31.2. The molecule has 0 fully saturated rings. The largest absolute Gasteiger partial charge is 0.472 e. The van der Waals surface area contributed by atoms with Crippen LogP contribution in [0, 0.1) is 0 Å². The zero-order valence-corrected chi connectivity index (χ0v) is 60.7. The number of allylic oxidation sites excluding steroid dienone is 16. The highest BCUT2D eigenvalue weighted by molar-refractivity contribution is 7.47. The van der Waals surface area contributed by atoms with Crippen molar-refractivity contribution < 1.29 is 80.2 Å². The number of aliphatic hydroxyl groups is 1. The first-order valence-corrected chi connectivity index (χ1v) is 39.5. The average Bonchev–Trinajstić information content (AvgIpc) is 1.29. The molecule has 0 heterocycles. The number of hydrogen-bond donors (Lipinski definition) is 3. The molecule has 17 nitrogen and oxygen atoms in total. The molecule has 0 rings (SSSR count). The second-order valence-corrected chi connectivity index (χ2v) is 27.0. The number of aliphatic hydroxyl groups excluding tert-OH is 1. The quantitative estimate of drug-likeness (QED) is 0.0169. The number of unbranched alkanes of at least 4 members (excludes halogenated alkanes) is 26. The minimum atomic E-state index is -4.98. The van der Waals surface area contributed by atoms with E-state index in [1.54, 1.807) is 0 Å². The fraction of sp³-hybridized carbons (Fsp3) is 0.733. The van der Waals surface area contributed by atoms with Crippen LogP contribution in [0.5, 0.6) is 0 Å². The Morgan fingerprint density at radius 2 is 0.564 bits per heavy atom. The second-order valence-electron chi connectivity index (χ2n) is 24.1. The third-order valence-corrected chi connectivity index (χ3v) is 17.0. The Balaban J connectivity index is 5.38. The number of rotatable bonds is 68. The van der Waals surface area contributed by atoms with E-state index in [0.717, 1.165) is 128 Å². The molecule has 0 aromatic heterocycles. The molecule has 0 aliphatic rings. The van der Waals surface area contributed by atoms with Crippen LogP contribution in [0.15, 0.2) is 97.2 Å². The molecular formula is C75H130O17P2.